The van der Waals surface area contributed by atoms with Crippen LogP contribution in [0.15, 0.2) is 72.9 Å². The zero-order valence-electron chi connectivity index (χ0n) is 62.2. The first-order valence-corrected chi connectivity index (χ1v) is 40.2. The topological polar surface area (TPSA) is 307 Å². The molecule has 3 rings (SSSR count). The van der Waals surface area contributed by atoms with Crippen molar-refractivity contribution in [1.82, 2.24) is 5.32 Å². The van der Waals surface area contributed by atoms with Gasteiger partial charge in [-0.2, -0.15) is 0 Å². The van der Waals surface area contributed by atoms with E-state index in [0.29, 0.717) is 6.42 Å². The van der Waals surface area contributed by atoms with Crippen molar-refractivity contribution in [3.05, 3.63) is 72.9 Å². The molecular formula is C81H145NO18. The summed E-state index contributed by atoms with van der Waals surface area (Å²) in [5.41, 5.74) is 0. The summed E-state index contributed by atoms with van der Waals surface area (Å²) < 4.78 is 34.5. The number of hydrogen-bond donors (Lipinski definition) is 12. The van der Waals surface area contributed by atoms with E-state index in [1.165, 1.54) is 199 Å². The van der Waals surface area contributed by atoms with Crippen LogP contribution in [-0.4, -0.2) is 193 Å². The van der Waals surface area contributed by atoms with Gasteiger partial charge in [0.25, 0.3) is 0 Å². The fourth-order valence-corrected chi connectivity index (χ4v) is 13.3. The number of nitrogens with one attached hydrogen (secondary N) is 1. The third-order valence-electron chi connectivity index (χ3n) is 19.8. The number of rotatable bonds is 63. The molecule has 3 aliphatic rings. The van der Waals surface area contributed by atoms with Gasteiger partial charge in [0, 0.05) is 6.42 Å². The summed E-state index contributed by atoms with van der Waals surface area (Å²) in [5, 5.41) is 121. The van der Waals surface area contributed by atoms with E-state index in [1.807, 2.05) is 6.08 Å². The summed E-state index contributed by atoms with van der Waals surface area (Å²) >= 11 is 0. The molecule has 17 atom stereocenters. The fourth-order valence-electron chi connectivity index (χ4n) is 13.3. The van der Waals surface area contributed by atoms with Crippen molar-refractivity contribution < 1.29 is 89.4 Å². The minimum atomic E-state index is -1.98. The summed E-state index contributed by atoms with van der Waals surface area (Å²) in [7, 11) is 0. The van der Waals surface area contributed by atoms with Crippen molar-refractivity contribution in [3.8, 4) is 0 Å². The van der Waals surface area contributed by atoms with Crippen LogP contribution in [0.25, 0.3) is 0 Å². The van der Waals surface area contributed by atoms with Crippen LogP contribution in [0.5, 0.6) is 0 Å². The molecule has 0 aromatic rings. The van der Waals surface area contributed by atoms with Crippen LogP contribution in [0.2, 0.25) is 0 Å². The number of amides is 1. The molecule has 3 aliphatic heterocycles. The van der Waals surface area contributed by atoms with E-state index in [-0.39, 0.29) is 18.9 Å². The van der Waals surface area contributed by atoms with E-state index < -0.39 is 124 Å². The third-order valence-corrected chi connectivity index (χ3v) is 19.8. The second-order valence-corrected chi connectivity index (χ2v) is 28.5. The Labute approximate surface area is 604 Å². The Morgan fingerprint density at radius 3 is 1.08 bits per heavy atom. The molecule has 3 saturated heterocycles. The van der Waals surface area contributed by atoms with Gasteiger partial charge in [-0.25, -0.2) is 0 Å². The van der Waals surface area contributed by atoms with Crippen molar-refractivity contribution in [1.29, 1.82) is 0 Å². The lowest BCUT2D eigenvalue weighted by molar-refractivity contribution is -0.379. The van der Waals surface area contributed by atoms with Gasteiger partial charge in [0.2, 0.25) is 5.91 Å². The van der Waals surface area contributed by atoms with Crippen LogP contribution < -0.4 is 5.32 Å². The first kappa shape index (κ1) is 91.4. The highest BCUT2D eigenvalue weighted by Crippen LogP contribution is 2.33. The van der Waals surface area contributed by atoms with Gasteiger partial charge in [-0.1, -0.05) is 305 Å². The van der Waals surface area contributed by atoms with Crippen LogP contribution in [0.4, 0.5) is 0 Å². The Hall–Kier alpha value is -2.77. The van der Waals surface area contributed by atoms with Gasteiger partial charge in [0.15, 0.2) is 18.9 Å². The highest BCUT2D eigenvalue weighted by atomic mass is 16.8. The van der Waals surface area contributed by atoms with Crippen LogP contribution >= 0.6 is 0 Å². The molecule has 1 amide bonds. The number of ether oxygens (including phenoxy) is 6. The number of allylic oxidation sites excluding steroid dienone is 11. The van der Waals surface area contributed by atoms with E-state index in [1.54, 1.807) is 6.08 Å². The SMILES string of the molecule is CC/C=C\C/C=C\C/C=C\C/C=C\C/C=C\CCCCCCCCCCCCCCCCCC(=O)NC(COC1OC(CO)C(OC2OC(CO)C(OC3OC(CO)C(O)C(O)C3O)C(O)C2O)C(O)C1O)C(O)/C=C/CCCCCCCCCCCCCCCCCCCCCCCC. The Morgan fingerprint density at radius 2 is 0.690 bits per heavy atom. The lowest BCUT2D eigenvalue weighted by atomic mass is 9.96. The number of unbranched alkanes of at least 4 members (excludes halogenated alkanes) is 37. The Kier molecular flexibility index (Phi) is 56.1. The summed E-state index contributed by atoms with van der Waals surface area (Å²) in [6.07, 6.45) is 53.1. The highest BCUT2D eigenvalue weighted by molar-refractivity contribution is 5.76. The molecule has 0 aromatic carbocycles. The zero-order valence-corrected chi connectivity index (χ0v) is 62.2. The quantitative estimate of drug-likeness (QED) is 0.0199. The van der Waals surface area contributed by atoms with E-state index in [2.05, 4.69) is 79.9 Å². The second-order valence-electron chi connectivity index (χ2n) is 28.5. The van der Waals surface area contributed by atoms with Crippen LogP contribution in [-0.2, 0) is 33.2 Å². The summed E-state index contributed by atoms with van der Waals surface area (Å²) in [4.78, 5) is 13.5. The van der Waals surface area contributed by atoms with Crippen LogP contribution in [0, 0.1) is 0 Å². The van der Waals surface area contributed by atoms with Gasteiger partial charge in [-0.05, 0) is 64.2 Å². The molecule has 19 heteroatoms. The minimum absolute atomic E-state index is 0.241. The van der Waals surface area contributed by atoms with Gasteiger partial charge in [-0.3, -0.25) is 4.79 Å². The number of aliphatic hydroxyl groups excluding tert-OH is 11. The monoisotopic (exact) mass is 1420 g/mol. The Bertz CT molecular complexity index is 2090. The first-order chi connectivity index (χ1) is 48.8. The maximum atomic E-state index is 13.5. The molecule has 0 saturated carbocycles. The van der Waals surface area contributed by atoms with Crippen molar-refractivity contribution >= 4 is 5.91 Å². The largest absolute Gasteiger partial charge is 0.394 e. The van der Waals surface area contributed by atoms with Crippen molar-refractivity contribution in [3.63, 3.8) is 0 Å². The van der Waals surface area contributed by atoms with E-state index in [9.17, 15) is 61.0 Å². The molecule has 0 bridgehead atoms. The van der Waals surface area contributed by atoms with Gasteiger partial charge >= 0.3 is 0 Å². The van der Waals surface area contributed by atoms with Gasteiger partial charge < -0.3 is 89.9 Å². The Balaban J connectivity index is 1.38. The molecule has 19 nitrogen and oxygen atoms in total. The van der Waals surface area contributed by atoms with Crippen LogP contribution in [0.1, 0.15) is 303 Å². The van der Waals surface area contributed by atoms with E-state index in [0.717, 1.165) is 77.0 Å². The summed E-state index contributed by atoms with van der Waals surface area (Å²) in [6.45, 7) is 1.66. The number of carbonyl (C=O) groups excluding carboxylic acids is 1. The number of carbonyl (C=O) groups is 1. The first-order valence-electron chi connectivity index (χ1n) is 40.2. The molecule has 0 radical (unpaired) electrons. The standard InChI is InChI=1S/C81H145NO18/c1-3-5-7-9-11-13-15-17-19-21-23-25-27-29-30-31-32-33-34-35-37-39-41-43-45-47-49-51-53-55-57-59-69(87)82-64(65(86)58-56-54-52-50-48-46-44-42-40-38-36-28-26-24-22-20-18-16-14-12-10-8-6-4-2)63-95-79-75(93)72(90)77(67(61-84)97-79)100-81-76(94)73(91)78(68(62-85)98-81)99-80-74(92)71(89)70(88)66(60-83)96-80/h5,7,11,13,17,19,23,25,29-30,56,58,64-68,70-81,83-86,88-94H,3-4,6,8-10,12,14-16,18,20-22,24,26-28,31-55,57,59-63H2,1-2H3,(H,82,87)/b7-5-,13-11-,19-17-,25-23-,30-29-,58-56+. The minimum Gasteiger partial charge on any atom is -0.394 e. The highest BCUT2D eigenvalue weighted by Gasteiger charge is 2.54. The second kappa shape index (κ2) is 61.4. The summed E-state index contributed by atoms with van der Waals surface area (Å²) in [5.74, 6) is -0.274. The molecule has 3 heterocycles. The van der Waals surface area contributed by atoms with Crippen LogP contribution in [0.3, 0.4) is 0 Å². The molecule has 3 fully saturated rings. The maximum Gasteiger partial charge on any atom is 0.220 e. The van der Waals surface area contributed by atoms with Gasteiger partial charge in [0.1, 0.15) is 73.2 Å². The van der Waals surface area contributed by atoms with Crippen molar-refractivity contribution in [2.24, 2.45) is 0 Å². The smallest absolute Gasteiger partial charge is 0.220 e. The molecule has 0 aliphatic carbocycles. The fraction of sp³-hybridized carbons (Fsp3) is 0.840. The number of hydrogen-bond acceptors (Lipinski definition) is 18. The lowest BCUT2D eigenvalue weighted by Crippen LogP contribution is -2.66. The molecule has 582 valence electrons. The van der Waals surface area contributed by atoms with Gasteiger partial charge in [0.05, 0.1) is 38.6 Å². The third kappa shape index (κ3) is 41.2. The van der Waals surface area contributed by atoms with E-state index >= 15 is 0 Å². The summed E-state index contributed by atoms with van der Waals surface area (Å²) in [6, 6.07) is -0.977. The average Bonchev–Trinajstić information content (AvgIpc) is 0.783. The molecule has 0 spiro atoms. The molecule has 17 unspecified atom stereocenters. The molecule has 100 heavy (non-hydrogen) atoms. The normalized spacial score (nSPS) is 26.8. The maximum absolute atomic E-state index is 13.5. The predicted molar refractivity (Wildman–Crippen MR) is 397 cm³/mol. The zero-order chi connectivity index (χ0) is 72.5. The predicted octanol–water partition coefficient (Wildman–Crippen LogP) is 13.2. The lowest BCUT2D eigenvalue weighted by Gasteiger charge is -2.48. The molecule has 0 aromatic heterocycles. The van der Waals surface area contributed by atoms with Crippen molar-refractivity contribution in [2.75, 3.05) is 26.4 Å². The Morgan fingerprint density at radius 1 is 0.370 bits per heavy atom. The number of aliphatic hydroxyl groups is 11. The van der Waals surface area contributed by atoms with Crippen molar-refractivity contribution in [2.45, 2.75) is 407 Å². The van der Waals surface area contributed by atoms with E-state index in [4.69, 9.17) is 28.4 Å². The molecule has 12 N–H and O–H groups in total. The average molecular weight is 1420 g/mol. The van der Waals surface area contributed by atoms with Gasteiger partial charge in [-0.15, -0.1) is 0 Å². The molecular weight excluding hydrogens is 1270 g/mol.